The van der Waals surface area contributed by atoms with Crippen molar-refractivity contribution in [2.45, 2.75) is 25.4 Å². The van der Waals surface area contributed by atoms with Crippen molar-refractivity contribution in [1.82, 2.24) is 10.2 Å². The van der Waals surface area contributed by atoms with E-state index in [9.17, 15) is 18.0 Å². The number of likely N-dealkylation sites (tertiary alicyclic amines) is 1. The van der Waals surface area contributed by atoms with Crippen LogP contribution in [0.15, 0.2) is 24.3 Å². The smallest absolute Gasteiger partial charge is 0.324 e. The molecule has 2 amide bonds. The van der Waals surface area contributed by atoms with Crippen LogP contribution in [0.1, 0.15) is 24.8 Å². The topological polar surface area (TPSA) is 44.4 Å². The molecule has 0 bridgehead atoms. The Morgan fingerprint density at radius 2 is 1.96 bits per heavy atom. The fourth-order valence-electron chi connectivity index (χ4n) is 3.45. The monoisotopic (exact) mass is 327 g/mol. The number of benzene rings is 1. The molecule has 1 spiro atoms. The van der Waals surface area contributed by atoms with Crippen LogP contribution in [0.4, 0.5) is 23.7 Å². The lowest BCUT2D eigenvalue weighted by molar-refractivity contribution is -0.137. The molecule has 1 aromatic carbocycles. The van der Waals surface area contributed by atoms with Gasteiger partial charge in [-0.1, -0.05) is 6.07 Å². The molecule has 0 aromatic heterocycles. The van der Waals surface area contributed by atoms with Crippen LogP contribution in [0, 0.1) is 5.41 Å². The number of nitrogens with zero attached hydrogens (tertiary/aromatic N) is 1. The Morgan fingerprint density at radius 3 is 2.65 bits per heavy atom. The fourth-order valence-corrected chi connectivity index (χ4v) is 3.45. The van der Waals surface area contributed by atoms with Crippen molar-refractivity contribution < 1.29 is 18.0 Å². The Labute approximate surface area is 133 Å². The number of hydrogen-bond donors (Lipinski definition) is 2. The van der Waals surface area contributed by atoms with E-state index >= 15 is 0 Å². The molecule has 2 heterocycles. The first kappa shape index (κ1) is 16.1. The number of halogens is 3. The molecule has 0 unspecified atom stereocenters. The first-order valence-electron chi connectivity index (χ1n) is 7.82. The number of alkyl halides is 3. The number of urea groups is 1. The Balaban J connectivity index is 1.64. The molecule has 0 saturated carbocycles. The zero-order valence-corrected chi connectivity index (χ0v) is 12.7. The SMILES string of the molecule is O=C(Nc1cccc(C(F)(F)F)c1)N1CCC2(CCNCC2)C1. The second-order valence-corrected chi connectivity index (χ2v) is 6.43. The average molecular weight is 327 g/mol. The van der Waals surface area contributed by atoms with Gasteiger partial charge in [0.25, 0.3) is 0 Å². The summed E-state index contributed by atoms with van der Waals surface area (Å²) in [6.07, 6.45) is -1.36. The summed E-state index contributed by atoms with van der Waals surface area (Å²) in [5, 5.41) is 5.90. The minimum absolute atomic E-state index is 0.177. The van der Waals surface area contributed by atoms with Gasteiger partial charge in [-0.3, -0.25) is 0 Å². The molecule has 126 valence electrons. The summed E-state index contributed by atoms with van der Waals surface area (Å²) in [7, 11) is 0. The van der Waals surface area contributed by atoms with Crippen molar-refractivity contribution >= 4 is 11.7 Å². The Morgan fingerprint density at radius 1 is 1.22 bits per heavy atom. The predicted molar refractivity (Wildman–Crippen MR) is 81.2 cm³/mol. The van der Waals surface area contributed by atoms with Crippen LogP contribution in [0.3, 0.4) is 0 Å². The van der Waals surface area contributed by atoms with Gasteiger partial charge in [-0.05, 0) is 56.0 Å². The van der Waals surface area contributed by atoms with Crippen LogP contribution in [-0.2, 0) is 6.18 Å². The van der Waals surface area contributed by atoms with Crippen molar-refractivity contribution in [3.8, 4) is 0 Å². The van der Waals surface area contributed by atoms with Gasteiger partial charge in [-0.15, -0.1) is 0 Å². The third kappa shape index (κ3) is 3.60. The molecule has 2 aliphatic heterocycles. The minimum atomic E-state index is -4.41. The first-order valence-corrected chi connectivity index (χ1v) is 7.82. The quantitative estimate of drug-likeness (QED) is 0.831. The maximum Gasteiger partial charge on any atom is 0.416 e. The van der Waals surface area contributed by atoms with Crippen LogP contribution in [0.25, 0.3) is 0 Å². The second-order valence-electron chi connectivity index (χ2n) is 6.43. The van der Waals surface area contributed by atoms with E-state index in [1.54, 1.807) is 4.90 Å². The van der Waals surface area contributed by atoms with E-state index in [1.165, 1.54) is 12.1 Å². The summed E-state index contributed by atoms with van der Waals surface area (Å²) in [5.74, 6) is 0. The minimum Gasteiger partial charge on any atom is -0.324 e. The molecule has 2 aliphatic rings. The largest absolute Gasteiger partial charge is 0.416 e. The van der Waals surface area contributed by atoms with Gasteiger partial charge in [0.1, 0.15) is 0 Å². The van der Waals surface area contributed by atoms with Crippen molar-refractivity contribution in [2.24, 2.45) is 5.41 Å². The van der Waals surface area contributed by atoms with Crippen molar-refractivity contribution in [1.29, 1.82) is 0 Å². The van der Waals surface area contributed by atoms with Gasteiger partial charge < -0.3 is 15.5 Å². The zero-order chi connectivity index (χ0) is 16.5. The number of amides is 2. The Bertz CT molecular complexity index is 582. The van der Waals surface area contributed by atoms with Gasteiger partial charge in [-0.2, -0.15) is 13.2 Å². The third-order valence-corrected chi connectivity index (χ3v) is 4.83. The molecule has 2 fully saturated rings. The fraction of sp³-hybridized carbons (Fsp3) is 0.562. The number of rotatable bonds is 1. The van der Waals surface area contributed by atoms with Gasteiger partial charge in [0.05, 0.1) is 5.56 Å². The van der Waals surface area contributed by atoms with Gasteiger partial charge in [0.2, 0.25) is 0 Å². The summed E-state index contributed by atoms with van der Waals surface area (Å²) in [5.41, 5.74) is -0.404. The summed E-state index contributed by atoms with van der Waals surface area (Å²) in [6.45, 7) is 3.26. The molecule has 23 heavy (non-hydrogen) atoms. The van der Waals surface area contributed by atoms with Crippen molar-refractivity contribution in [3.05, 3.63) is 29.8 Å². The lowest BCUT2D eigenvalue weighted by atomic mass is 9.78. The van der Waals surface area contributed by atoms with E-state index < -0.39 is 11.7 Å². The maximum absolute atomic E-state index is 12.7. The van der Waals surface area contributed by atoms with Crippen LogP contribution < -0.4 is 10.6 Å². The summed E-state index contributed by atoms with van der Waals surface area (Å²) < 4.78 is 38.1. The molecule has 3 rings (SSSR count). The van der Waals surface area contributed by atoms with Gasteiger partial charge in [0.15, 0.2) is 0 Å². The number of nitrogens with one attached hydrogen (secondary N) is 2. The maximum atomic E-state index is 12.7. The molecule has 2 N–H and O–H groups in total. The molecule has 7 heteroatoms. The number of carbonyl (C=O) groups excluding carboxylic acids is 1. The zero-order valence-electron chi connectivity index (χ0n) is 12.7. The molecule has 4 nitrogen and oxygen atoms in total. The predicted octanol–water partition coefficient (Wildman–Crippen LogP) is 3.31. The van der Waals surface area contributed by atoms with Gasteiger partial charge in [0, 0.05) is 18.8 Å². The van der Waals surface area contributed by atoms with Gasteiger partial charge >= 0.3 is 12.2 Å². The average Bonchev–Trinajstić information content (AvgIpc) is 2.91. The number of piperidine rings is 1. The Kier molecular flexibility index (Phi) is 4.23. The van der Waals surface area contributed by atoms with Crippen LogP contribution in [-0.4, -0.2) is 37.1 Å². The molecule has 1 aromatic rings. The summed E-state index contributed by atoms with van der Waals surface area (Å²) in [6, 6.07) is 4.42. The lowest BCUT2D eigenvalue weighted by Crippen LogP contribution is -2.40. The van der Waals surface area contributed by atoms with Crippen LogP contribution in [0.2, 0.25) is 0 Å². The highest BCUT2D eigenvalue weighted by Crippen LogP contribution is 2.38. The summed E-state index contributed by atoms with van der Waals surface area (Å²) in [4.78, 5) is 14.0. The van der Waals surface area contributed by atoms with E-state index in [4.69, 9.17) is 0 Å². The number of anilines is 1. The first-order chi connectivity index (χ1) is 10.9. The summed E-state index contributed by atoms with van der Waals surface area (Å²) >= 11 is 0. The van der Waals surface area contributed by atoms with E-state index in [1.807, 2.05) is 0 Å². The second kappa shape index (κ2) is 6.03. The molecule has 0 atom stereocenters. The van der Waals surface area contributed by atoms with Crippen LogP contribution >= 0.6 is 0 Å². The molecule has 0 radical (unpaired) electrons. The van der Waals surface area contributed by atoms with Gasteiger partial charge in [-0.25, -0.2) is 4.79 Å². The van der Waals surface area contributed by atoms with Crippen molar-refractivity contribution in [2.75, 3.05) is 31.5 Å². The molecule has 2 saturated heterocycles. The number of hydrogen-bond acceptors (Lipinski definition) is 2. The third-order valence-electron chi connectivity index (χ3n) is 4.83. The van der Waals surface area contributed by atoms with E-state index in [2.05, 4.69) is 10.6 Å². The van der Waals surface area contributed by atoms with E-state index in [0.29, 0.717) is 13.1 Å². The molecular formula is C16H20F3N3O. The highest BCUT2D eigenvalue weighted by atomic mass is 19.4. The highest BCUT2D eigenvalue weighted by Gasteiger charge is 2.40. The molecule has 0 aliphatic carbocycles. The normalized spacial score (nSPS) is 20.7. The van der Waals surface area contributed by atoms with E-state index in [0.717, 1.165) is 44.5 Å². The molecular weight excluding hydrogens is 307 g/mol. The Hall–Kier alpha value is -1.76. The van der Waals surface area contributed by atoms with Crippen molar-refractivity contribution in [3.63, 3.8) is 0 Å². The van der Waals surface area contributed by atoms with Crippen LogP contribution in [0.5, 0.6) is 0 Å². The lowest BCUT2D eigenvalue weighted by Gasteiger charge is -2.33. The standard InChI is InChI=1S/C16H20F3N3O/c17-16(18,19)12-2-1-3-13(10-12)21-14(23)22-9-6-15(11-22)4-7-20-8-5-15/h1-3,10,20H,4-9,11H2,(H,21,23). The highest BCUT2D eigenvalue weighted by molar-refractivity contribution is 5.89. The van der Waals surface area contributed by atoms with E-state index in [-0.39, 0.29) is 17.1 Å². The number of carbonyl (C=O) groups is 1.